The van der Waals surface area contributed by atoms with E-state index >= 15 is 0 Å². The SMILES string of the molecule is CCNCc1sc(-c2cc(C)cc(F)c2)nc1COC. The summed E-state index contributed by atoms with van der Waals surface area (Å²) in [4.78, 5) is 5.74. The van der Waals surface area contributed by atoms with Gasteiger partial charge in [0.15, 0.2) is 0 Å². The number of nitrogens with zero attached hydrogens (tertiary/aromatic N) is 1. The van der Waals surface area contributed by atoms with E-state index in [1.54, 1.807) is 18.4 Å². The van der Waals surface area contributed by atoms with E-state index in [1.165, 1.54) is 12.1 Å². The fourth-order valence-electron chi connectivity index (χ4n) is 1.99. The minimum atomic E-state index is -0.225. The van der Waals surface area contributed by atoms with Crippen molar-refractivity contribution >= 4 is 11.3 Å². The lowest BCUT2D eigenvalue weighted by atomic mass is 10.1. The number of ether oxygens (including phenoxy) is 1. The fraction of sp³-hybridized carbons (Fsp3) is 0.400. The predicted octanol–water partition coefficient (Wildman–Crippen LogP) is 3.51. The maximum Gasteiger partial charge on any atom is 0.124 e. The summed E-state index contributed by atoms with van der Waals surface area (Å²) in [7, 11) is 1.66. The molecule has 0 aliphatic carbocycles. The second-order valence-corrected chi connectivity index (χ2v) is 5.70. The highest BCUT2D eigenvalue weighted by Crippen LogP contribution is 2.29. The molecule has 0 fully saturated rings. The van der Waals surface area contributed by atoms with Crippen LogP contribution in [0.4, 0.5) is 4.39 Å². The van der Waals surface area contributed by atoms with Gasteiger partial charge in [0.05, 0.1) is 12.3 Å². The van der Waals surface area contributed by atoms with Crippen LogP contribution in [0.15, 0.2) is 18.2 Å². The van der Waals surface area contributed by atoms with E-state index in [-0.39, 0.29) is 5.82 Å². The third-order valence-electron chi connectivity index (χ3n) is 2.88. The monoisotopic (exact) mass is 294 g/mol. The zero-order valence-electron chi connectivity index (χ0n) is 12.0. The minimum Gasteiger partial charge on any atom is -0.378 e. The molecular weight excluding hydrogens is 275 g/mol. The normalized spacial score (nSPS) is 11.0. The number of hydrogen-bond donors (Lipinski definition) is 1. The Morgan fingerprint density at radius 1 is 1.35 bits per heavy atom. The zero-order chi connectivity index (χ0) is 14.5. The van der Waals surface area contributed by atoms with Crippen molar-refractivity contribution in [1.29, 1.82) is 0 Å². The Bertz CT molecular complexity index is 563. The van der Waals surface area contributed by atoms with Gasteiger partial charge in [-0.05, 0) is 37.2 Å². The van der Waals surface area contributed by atoms with Crippen molar-refractivity contribution in [1.82, 2.24) is 10.3 Å². The van der Waals surface area contributed by atoms with Crippen molar-refractivity contribution in [2.24, 2.45) is 0 Å². The zero-order valence-corrected chi connectivity index (χ0v) is 12.8. The standard InChI is InChI=1S/C15H19FN2OS/c1-4-17-8-14-13(9-19-3)18-15(20-14)11-5-10(2)6-12(16)7-11/h5-7,17H,4,8-9H2,1-3H3. The quantitative estimate of drug-likeness (QED) is 0.885. The number of aryl methyl sites for hydroxylation is 1. The first-order valence-electron chi connectivity index (χ1n) is 6.59. The summed E-state index contributed by atoms with van der Waals surface area (Å²) in [6.45, 7) is 6.09. The summed E-state index contributed by atoms with van der Waals surface area (Å²) in [6, 6.07) is 5.00. The molecule has 2 rings (SSSR count). The van der Waals surface area contributed by atoms with E-state index in [9.17, 15) is 4.39 Å². The third kappa shape index (κ3) is 3.62. The number of nitrogens with one attached hydrogen (secondary N) is 1. The maximum atomic E-state index is 13.5. The molecule has 0 aliphatic rings. The van der Waals surface area contributed by atoms with Gasteiger partial charge in [-0.3, -0.25) is 0 Å². The number of benzene rings is 1. The van der Waals surface area contributed by atoms with Gasteiger partial charge in [0.1, 0.15) is 10.8 Å². The number of rotatable bonds is 6. The second kappa shape index (κ2) is 6.92. The molecule has 20 heavy (non-hydrogen) atoms. The van der Waals surface area contributed by atoms with Crippen LogP contribution in [0.25, 0.3) is 10.6 Å². The van der Waals surface area contributed by atoms with E-state index in [1.807, 2.05) is 13.0 Å². The molecule has 5 heteroatoms. The van der Waals surface area contributed by atoms with Gasteiger partial charge in [-0.2, -0.15) is 0 Å². The van der Waals surface area contributed by atoms with Crippen LogP contribution in [0, 0.1) is 12.7 Å². The summed E-state index contributed by atoms with van der Waals surface area (Å²) >= 11 is 1.59. The topological polar surface area (TPSA) is 34.2 Å². The van der Waals surface area contributed by atoms with Gasteiger partial charge in [-0.1, -0.05) is 6.92 Å². The second-order valence-electron chi connectivity index (χ2n) is 4.62. The van der Waals surface area contributed by atoms with Gasteiger partial charge in [0, 0.05) is 24.1 Å². The molecule has 0 atom stereocenters. The first-order valence-corrected chi connectivity index (χ1v) is 7.41. The van der Waals surface area contributed by atoms with Gasteiger partial charge in [0.25, 0.3) is 0 Å². The van der Waals surface area contributed by atoms with Crippen LogP contribution < -0.4 is 5.32 Å². The Labute approximate surface area is 122 Å². The molecule has 0 saturated heterocycles. The first-order chi connectivity index (χ1) is 9.63. The van der Waals surface area contributed by atoms with Crippen LogP contribution in [-0.2, 0) is 17.9 Å². The molecular formula is C15H19FN2OS. The first kappa shape index (κ1) is 15.1. The molecule has 0 aliphatic heterocycles. The molecule has 0 saturated carbocycles. The van der Waals surface area contributed by atoms with Crippen LogP contribution in [0.2, 0.25) is 0 Å². The van der Waals surface area contributed by atoms with Crippen molar-refractivity contribution in [3.8, 4) is 10.6 Å². The average Bonchev–Trinajstić information content (AvgIpc) is 2.79. The summed E-state index contributed by atoms with van der Waals surface area (Å²) in [5.74, 6) is -0.225. The van der Waals surface area contributed by atoms with Gasteiger partial charge in [0.2, 0.25) is 0 Å². The van der Waals surface area contributed by atoms with Crippen molar-refractivity contribution in [2.45, 2.75) is 27.0 Å². The largest absolute Gasteiger partial charge is 0.378 e. The van der Waals surface area contributed by atoms with E-state index < -0.39 is 0 Å². The Morgan fingerprint density at radius 2 is 2.15 bits per heavy atom. The lowest BCUT2D eigenvalue weighted by Gasteiger charge is -2.00. The van der Waals surface area contributed by atoms with E-state index in [4.69, 9.17) is 4.74 Å². The molecule has 0 unspecified atom stereocenters. The Morgan fingerprint density at radius 3 is 2.80 bits per heavy atom. The molecule has 1 heterocycles. The Kier molecular flexibility index (Phi) is 5.23. The molecule has 2 aromatic rings. The van der Waals surface area contributed by atoms with Crippen molar-refractivity contribution < 1.29 is 9.13 Å². The number of hydrogen-bond acceptors (Lipinski definition) is 4. The minimum absolute atomic E-state index is 0.225. The summed E-state index contributed by atoms with van der Waals surface area (Å²) in [5, 5.41) is 4.13. The van der Waals surface area contributed by atoms with Crippen LogP contribution >= 0.6 is 11.3 Å². The molecule has 1 aromatic heterocycles. The van der Waals surface area contributed by atoms with Crippen molar-refractivity contribution in [2.75, 3.05) is 13.7 Å². The van der Waals surface area contributed by atoms with E-state index in [2.05, 4.69) is 17.2 Å². The summed E-state index contributed by atoms with van der Waals surface area (Å²) in [6.07, 6.45) is 0. The van der Waals surface area contributed by atoms with Crippen LogP contribution in [-0.4, -0.2) is 18.6 Å². The van der Waals surface area contributed by atoms with Gasteiger partial charge < -0.3 is 10.1 Å². The van der Waals surface area contributed by atoms with Gasteiger partial charge >= 0.3 is 0 Å². The van der Waals surface area contributed by atoms with Crippen LogP contribution in [0.5, 0.6) is 0 Å². The van der Waals surface area contributed by atoms with Crippen molar-refractivity contribution in [3.63, 3.8) is 0 Å². The third-order valence-corrected chi connectivity index (χ3v) is 4.03. The molecule has 0 bridgehead atoms. The molecule has 0 amide bonds. The maximum absolute atomic E-state index is 13.5. The van der Waals surface area contributed by atoms with Crippen molar-refractivity contribution in [3.05, 3.63) is 40.2 Å². The lowest BCUT2D eigenvalue weighted by molar-refractivity contribution is 0.181. The van der Waals surface area contributed by atoms with E-state index in [0.717, 1.165) is 39.8 Å². The molecule has 1 aromatic carbocycles. The molecule has 0 radical (unpaired) electrons. The lowest BCUT2D eigenvalue weighted by Crippen LogP contribution is -2.12. The predicted molar refractivity (Wildman–Crippen MR) is 80.3 cm³/mol. The average molecular weight is 294 g/mol. The van der Waals surface area contributed by atoms with Crippen LogP contribution in [0.3, 0.4) is 0 Å². The smallest absolute Gasteiger partial charge is 0.124 e. The number of methoxy groups -OCH3 is 1. The molecule has 0 spiro atoms. The number of halogens is 1. The van der Waals surface area contributed by atoms with E-state index in [0.29, 0.717) is 6.61 Å². The highest BCUT2D eigenvalue weighted by atomic mass is 32.1. The fourth-order valence-corrected chi connectivity index (χ4v) is 3.01. The highest BCUT2D eigenvalue weighted by molar-refractivity contribution is 7.15. The number of aromatic nitrogens is 1. The molecule has 1 N–H and O–H groups in total. The molecule has 108 valence electrons. The summed E-state index contributed by atoms with van der Waals surface area (Å²) < 4.78 is 18.7. The Hall–Kier alpha value is -1.30. The summed E-state index contributed by atoms with van der Waals surface area (Å²) in [5.41, 5.74) is 2.65. The number of thiazole rings is 1. The highest BCUT2D eigenvalue weighted by Gasteiger charge is 2.13. The Balaban J connectivity index is 2.35. The van der Waals surface area contributed by atoms with Crippen LogP contribution in [0.1, 0.15) is 23.1 Å². The van der Waals surface area contributed by atoms with Gasteiger partial charge in [-0.15, -0.1) is 11.3 Å². The van der Waals surface area contributed by atoms with Gasteiger partial charge in [-0.25, -0.2) is 9.37 Å². The molecule has 3 nitrogen and oxygen atoms in total.